The number of hydrogen-bond acceptors (Lipinski definition) is 5. The summed E-state index contributed by atoms with van der Waals surface area (Å²) in [6.45, 7) is 4.44. The van der Waals surface area contributed by atoms with Crippen LogP contribution in [0.2, 0.25) is 0 Å². The standard InChI is InChI=1S/C37H67NO6S/c1-3-5-7-9-11-13-15-16-17-18-19-20-22-23-25-27-29-31-35(39)34(33-45(42,43)44)38-37(41)36(40)32-30-28-26-24-21-14-12-10-8-6-4-2/h12,14,17-18,22-23,29,31,34-36,39-40H,3-11,13,15-16,19-21,24-28,30,32-33H2,1-2H3,(H,38,41)(H,42,43,44)/b14-12-,18-17+,23-22+,31-29+. The quantitative estimate of drug-likeness (QED) is 0.0336. The Morgan fingerprint density at radius 2 is 1.00 bits per heavy atom. The minimum atomic E-state index is -4.45. The van der Waals surface area contributed by atoms with Crippen molar-refractivity contribution in [2.75, 3.05) is 5.75 Å². The van der Waals surface area contributed by atoms with Gasteiger partial charge in [0.15, 0.2) is 0 Å². The van der Waals surface area contributed by atoms with E-state index in [1.165, 1.54) is 70.3 Å². The molecule has 262 valence electrons. The summed E-state index contributed by atoms with van der Waals surface area (Å²) < 4.78 is 32.3. The highest BCUT2D eigenvalue weighted by molar-refractivity contribution is 7.85. The van der Waals surface area contributed by atoms with E-state index in [1.54, 1.807) is 6.08 Å². The van der Waals surface area contributed by atoms with Crippen LogP contribution in [-0.2, 0) is 14.9 Å². The van der Waals surface area contributed by atoms with E-state index in [-0.39, 0.29) is 6.42 Å². The predicted octanol–water partition coefficient (Wildman–Crippen LogP) is 8.93. The fraction of sp³-hybridized carbons (Fsp3) is 0.757. The van der Waals surface area contributed by atoms with Crippen LogP contribution >= 0.6 is 0 Å². The molecule has 0 aromatic rings. The van der Waals surface area contributed by atoms with Crippen molar-refractivity contribution in [1.82, 2.24) is 5.32 Å². The lowest BCUT2D eigenvalue weighted by Crippen LogP contribution is -2.50. The van der Waals surface area contributed by atoms with E-state index in [9.17, 15) is 28.0 Å². The summed E-state index contributed by atoms with van der Waals surface area (Å²) in [6.07, 6.45) is 37.4. The van der Waals surface area contributed by atoms with Gasteiger partial charge in [0.1, 0.15) is 6.10 Å². The Morgan fingerprint density at radius 3 is 1.51 bits per heavy atom. The van der Waals surface area contributed by atoms with Crippen molar-refractivity contribution in [2.45, 2.75) is 173 Å². The molecule has 0 aliphatic carbocycles. The SMILES string of the molecule is CCCCC/C=C\CCCCCCC(O)C(=O)NC(CS(=O)(=O)O)C(O)/C=C/CC/C=C/CC/C=C/CCCCCCCCC. The molecule has 3 atom stereocenters. The Kier molecular flexibility index (Phi) is 29.7. The third kappa shape index (κ3) is 30.7. The van der Waals surface area contributed by atoms with Crippen LogP contribution < -0.4 is 5.32 Å². The maximum absolute atomic E-state index is 12.5. The van der Waals surface area contributed by atoms with Crippen LogP contribution in [0.15, 0.2) is 48.6 Å². The number of unbranched alkanes of at least 4 members (excludes halogenated alkanes) is 16. The number of allylic oxidation sites excluding steroid dienone is 7. The Hall–Kier alpha value is -1.74. The van der Waals surface area contributed by atoms with Gasteiger partial charge in [0.2, 0.25) is 5.91 Å². The fourth-order valence-electron chi connectivity index (χ4n) is 5.01. The van der Waals surface area contributed by atoms with Crippen molar-refractivity contribution in [3.8, 4) is 0 Å². The van der Waals surface area contributed by atoms with Gasteiger partial charge in [0.25, 0.3) is 10.1 Å². The van der Waals surface area contributed by atoms with Crippen molar-refractivity contribution in [1.29, 1.82) is 0 Å². The molecule has 1 amide bonds. The average Bonchev–Trinajstić information content (AvgIpc) is 3.00. The van der Waals surface area contributed by atoms with Gasteiger partial charge >= 0.3 is 0 Å². The molecule has 0 saturated heterocycles. The van der Waals surface area contributed by atoms with Crippen LogP contribution in [0, 0.1) is 0 Å². The van der Waals surface area contributed by atoms with Crippen molar-refractivity contribution >= 4 is 16.0 Å². The molecular formula is C37H67NO6S. The smallest absolute Gasteiger partial charge is 0.267 e. The number of nitrogens with one attached hydrogen (secondary N) is 1. The summed E-state index contributed by atoms with van der Waals surface area (Å²) in [5.41, 5.74) is 0. The van der Waals surface area contributed by atoms with E-state index in [1.807, 2.05) is 0 Å². The number of aliphatic hydroxyl groups excluding tert-OH is 2. The van der Waals surface area contributed by atoms with Crippen LogP contribution in [0.5, 0.6) is 0 Å². The highest BCUT2D eigenvalue weighted by Crippen LogP contribution is 2.11. The van der Waals surface area contributed by atoms with Gasteiger partial charge in [-0.15, -0.1) is 0 Å². The second-order valence-electron chi connectivity index (χ2n) is 12.3. The monoisotopic (exact) mass is 653 g/mol. The first-order valence-electron chi connectivity index (χ1n) is 17.9. The molecule has 0 aliphatic rings. The summed E-state index contributed by atoms with van der Waals surface area (Å²) in [7, 11) is -4.45. The van der Waals surface area contributed by atoms with Crippen LogP contribution in [0.25, 0.3) is 0 Å². The molecule has 3 unspecified atom stereocenters. The van der Waals surface area contributed by atoms with Gasteiger partial charge < -0.3 is 15.5 Å². The molecule has 45 heavy (non-hydrogen) atoms. The second-order valence-corrected chi connectivity index (χ2v) is 13.8. The highest BCUT2D eigenvalue weighted by Gasteiger charge is 2.27. The zero-order chi connectivity index (χ0) is 33.4. The van der Waals surface area contributed by atoms with Gasteiger partial charge in [0.05, 0.1) is 17.9 Å². The molecule has 0 aromatic heterocycles. The van der Waals surface area contributed by atoms with Gasteiger partial charge in [-0.1, -0.05) is 133 Å². The minimum absolute atomic E-state index is 0.255. The third-order valence-electron chi connectivity index (χ3n) is 7.81. The van der Waals surface area contributed by atoms with Crippen molar-refractivity contribution in [3.05, 3.63) is 48.6 Å². The normalized spacial score (nSPS) is 14.7. The fourth-order valence-corrected chi connectivity index (χ4v) is 5.74. The molecule has 0 saturated carbocycles. The van der Waals surface area contributed by atoms with Gasteiger partial charge in [-0.3, -0.25) is 9.35 Å². The lowest BCUT2D eigenvalue weighted by Gasteiger charge is -2.22. The molecule has 0 radical (unpaired) electrons. The first kappa shape index (κ1) is 43.3. The van der Waals surface area contributed by atoms with Gasteiger partial charge in [0, 0.05) is 0 Å². The summed E-state index contributed by atoms with van der Waals surface area (Å²) >= 11 is 0. The van der Waals surface area contributed by atoms with Crippen molar-refractivity contribution in [3.63, 3.8) is 0 Å². The number of amides is 1. The van der Waals surface area contributed by atoms with E-state index in [0.717, 1.165) is 57.8 Å². The summed E-state index contributed by atoms with van der Waals surface area (Å²) in [5, 5.41) is 23.2. The first-order valence-corrected chi connectivity index (χ1v) is 19.6. The molecule has 8 heteroatoms. The summed E-state index contributed by atoms with van der Waals surface area (Å²) in [4.78, 5) is 12.5. The van der Waals surface area contributed by atoms with Gasteiger partial charge in [-0.2, -0.15) is 8.42 Å². The number of aliphatic hydroxyl groups is 2. The zero-order valence-electron chi connectivity index (χ0n) is 28.6. The van der Waals surface area contributed by atoms with Gasteiger partial charge in [-0.05, 0) is 70.6 Å². The van der Waals surface area contributed by atoms with Crippen molar-refractivity contribution in [2.24, 2.45) is 0 Å². The molecule has 0 bridgehead atoms. The number of carbonyl (C=O) groups excluding carboxylic acids is 1. The van der Waals surface area contributed by atoms with E-state index in [4.69, 9.17) is 0 Å². The minimum Gasteiger partial charge on any atom is -0.387 e. The lowest BCUT2D eigenvalue weighted by atomic mass is 10.1. The van der Waals surface area contributed by atoms with E-state index in [0.29, 0.717) is 12.8 Å². The molecule has 0 spiro atoms. The molecule has 7 nitrogen and oxygen atoms in total. The molecule has 0 aliphatic heterocycles. The number of hydrogen-bond donors (Lipinski definition) is 4. The van der Waals surface area contributed by atoms with E-state index >= 15 is 0 Å². The highest BCUT2D eigenvalue weighted by atomic mass is 32.2. The lowest BCUT2D eigenvalue weighted by molar-refractivity contribution is -0.130. The molecule has 0 fully saturated rings. The predicted molar refractivity (Wildman–Crippen MR) is 190 cm³/mol. The first-order chi connectivity index (χ1) is 21.7. The maximum atomic E-state index is 12.5. The molecular weight excluding hydrogens is 586 g/mol. The molecule has 0 heterocycles. The van der Waals surface area contributed by atoms with E-state index < -0.39 is 40.0 Å². The number of carbonyl (C=O) groups is 1. The van der Waals surface area contributed by atoms with Crippen LogP contribution in [-0.4, -0.2) is 53.1 Å². The average molecular weight is 654 g/mol. The van der Waals surface area contributed by atoms with Crippen molar-refractivity contribution < 1.29 is 28.0 Å². The Balaban J connectivity index is 4.25. The number of rotatable bonds is 31. The molecule has 0 rings (SSSR count). The Morgan fingerprint density at radius 1 is 0.600 bits per heavy atom. The van der Waals surface area contributed by atoms with Gasteiger partial charge in [-0.25, -0.2) is 0 Å². The third-order valence-corrected chi connectivity index (χ3v) is 8.59. The Bertz CT molecular complexity index is 912. The van der Waals surface area contributed by atoms with Crippen LogP contribution in [0.4, 0.5) is 0 Å². The Labute approximate surface area is 276 Å². The molecule has 0 aromatic carbocycles. The molecule has 4 N–H and O–H groups in total. The summed E-state index contributed by atoms with van der Waals surface area (Å²) in [6, 6.07) is -1.26. The zero-order valence-corrected chi connectivity index (χ0v) is 29.4. The van der Waals surface area contributed by atoms with E-state index in [2.05, 4.69) is 55.6 Å². The van der Waals surface area contributed by atoms with Crippen LogP contribution in [0.1, 0.15) is 155 Å². The van der Waals surface area contributed by atoms with Crippen LogP contribution in [0.3, 0.4) is 0 Å². The maximum Gasteiger partial charge on any atom is 0.267 e. The summed E-state index contributed by atoms with van der Waals surface area (Å²) in [5.74, 6) is -1.58. The second kappa shape index (κ2) is 30.9. The topological polar surface area (TPSA) is 124 Å². The largest absolute Gasteiger partial charge is 0.387 e.